The van der Waals surface area contributed by atoms with E-state index in [1.165, 1.54) is 13.2 Å². The maximum absolute atomic E-state index is 14.4. The first kappa shape index (κ1) is 17.7. The number of nitrogens with two attached hydrogens (primary N) is 1. The molecule has 1 aliphatic carbocycles. The summed E-state index contributed by atoms with van der Waals surface area (Å²) in [6, 6.07) is 4.67. The Hall–Kier alpha value is -1.09. The third-order valence-electron chi connectivity index (χ3n) is 4.94. The van der Waals surface area contributed by atoms with E-state index in [1.807, 2.05) is 4.31 Å². The fourth-order valence-corrected chi connectivity index (χ4v) is 4.09. The van der Waals surface area contributed by atoms with Crippen LogP contribution in [0.4, 0.5) is 14.5 Å². The number of nitrogens with one attached hydrogen (secondary N) is 1. The average Bonchev–Trinajstić information content (AvgIpc) is 3.02. The van der Waals surface area contributed by atoms with E-state index < -0.39 is 23.2 Å². The molecule has 1 aliphatic heterocycles. The number of amides is 1. The van der Waals surface area contributed by atoms with E-state index in [9.17, 15) is 13.6 Å². The van der Waals surface area contributed by atoms with Gasteiger partial charge in [-0.05, 0) is 31.0 Å². The molecule has 0 radical (unpaired) electrons. The van der Waals surface area contributed by atoms with E-state index in [1.54, 1.807) is 12.1 Å². The highest BCUT2D eigenvalue weighted by molar-refractivity contribution is 7.94. The van der Waals surface area contributed by atoms with Crippen molar-refractivity contribution >= 4 is 35.3 Å². The van der Waals surface area contributed by atoms with Crippen LogP contribution in [0.5, 0.6) is 5.75 Å². The molecule has 9 heteroatoms. The molecule has 3 N–H and O–H groups in total. The Kier molecular flexibility index (Phi) is 4.67. The molecule has 2 fully saturated rings. The van der Waals surface area contributed by atoms with Gasteiger partial charge in [-0.3, -0.25) is 9.93 Å². The zero-order valence-corrected chi connectivity index (χ0v) is 14.6. The van der Waals surface area contributed by atoms with Crippen molar-refractivity contribution in [3.63, 3.8) is 0 Å². The lowest BCUT2D eigenvalue weighted by Gasteiger charge is -2.30. The van der Waals surface area contributed by atoms with Crippen molar-refractivity contribution in [3.8, 4) is 5.75 Å². The molecule has 0 bridgehead atoms. The van der Waals surface area contributed by atoms with E-state index in [0.29, 0.717) is 29.5 Å². The van der Waals surface area contributed by atoms with Crippen LogP contribution in [0.15, 0.2) is 18.2 Å². The van der Waals surface area contributed by atoms with Gasteiger partial charge in [0.2, 0.25) is 5.91 Å². The number of anilines is 1. The zero-order valence-electron chi connectivity index (χ0n) is 13.0. The summed E-state index contributed by atoms with van der Waals surface area (Å²) >= 11 is 6.96. The molecule has 1 amide bonds. The van der Waals surface area contributed by atoms with Gasteiger partial charge in [0.25, 0.3) is 5.92 Å². The van der Waals surface area contributed by atoms with Crippen LogP contribution in [0.2, 0.25) is 5.02 Å². The number of alkyl halides is 2. The van der Waals surface area contributed by atoms with Crippen molar-refractivity contribution in [1.82, 2.24) is 4.31 Å². The third-order valence-corrected chi connectivity index (χ3v) is 5.84. The van der Waals surface area contributed by atoms with Gasteiger partial charge < -0.3 is 10.1 Å². The number of methoxy groups -OCH3 is 1. The van der Waals surface area contributed by atoms with Crippen molar-refractivity contribution in [2.24, 2.45) is 16.5 Å². The first-order valence-corrected chi connectivity index (χ1v) is 8.71. The van der Waals surface area contributed by atoms with Crippen LogP contribution in [-0.2, 0) is 4.79 Å². The number of piperidine rings is 1. The lowest BCUT2D eigenvalue weighted by Crippen LogP contribution is -2.34. The number of ether oxygens (including phenoxy) is 1. The molecule has 5 nitrogen and oxygen atoms in total. The van der Waals surface area contributed by atoms with Crippen molar-refractivity contribution < 1.29 is 18.3 Å². The molecule has 24 heavy (non-hydrogen) atoms. The van der Waals surface area contributed by atoms with Crippen LogP contribution in [0.3, 0.4) is 0 Å². The quantitative estimate of drug-likeness (QED) is 0.789. The molecule has 1 atom stereocenters. The van der Waals surface area contributed by atoms with Crippen molar-refractivity contribution in [2.75, 3.05) is 25.5 Å². The van der Waals surface area contributed by atoms with Gasteiger partial charge in [-0.1, -0.05) is 11.6 Å². The van der Waals surface area contributed by atoms with Crippen LogP contribution in [0.1, 0.15) is 12.8 Å². The summed E-state index contributed by atoms with van der Waals surface area (Å²) in [5, 5.41) is 8.40. The molecule has 1 saturated heterocycles. The highest BCUT2D eigenvalue weighted by Gasteiger charge is 2.82. The normalized spacial score (nSPS) is 24.6. The number of carbonyl (C=O) groups is 1. The van der Waals surface area contributed by atoms with E-state index in [2.05, 4.69) is 5.32 Å². The molecule has 3 rings (SSSR count). The fourth-order valence-electron chi connectivity index (χ4n) is 3.52. The number of hydrogen-bond donors (Lipinski definition) is 2. The number of hydrogen-bond acceptors (Lipinski definition) is 5. The van der Waals surface area contributed by atoms with Gasteiger partial charge in [-0.25, -0.2) is 13.1 Å². The third kappa shape index (κ3) is 2.75. The predicted molar refractivity (Wildman–Crippen MR) is 90.1 cm³/mol. The fraction of sp³-hybridized carbons (Fsp3) is 0.533. The first-order valence-electron chi connectivity index (χ1n) is 7.50. The number of nitrogens with zero attached hydrogens (tertiary/aromatic N) is 1. The smallest absolute Gasteiger partial charge is 0.266 e. The van der Waals surface area contributed by atoms with E-state index in [-0.39, 0.29) is 12.8 Å². The van der Waals surface area contributed by atoms with Crippen molar-refractivity contribution in [1.29, 1.82) is 0 Å². The highest BCUT2D eigenvalue weighted by Crippen LogP contribution is 2.71. The molecular formula is C15H18ClF2N3O2S. The minimum absolute atomic E-state index is 0.245. The highest BCUT2D eigenvalue weighted by atomic mass is 35.5. The second-order valence-corrected chi connectivity index (χ2v) is 7.24. The Morgan fingerprint density at radius 1 is 1.46 bits per heavy atom. The summed E-state index contributed by atoms with van der Waals surface area (Å²) in [6.07, 6.45) is 0.490. The van der Waals surface area contributed by atoms with E-state index >= 15 is 0 Å². The van der Waals surface area contributed by atoms with Gasteiger partial charge in [0.15, 0.2) is 0 Å². The van der Waals surface area contributed by atoms with Gasteiger partial charge >= 0.3 is 0 Å². The van der Waals surface area contributed by atoms with Crippen molar-refractivity contribution in [2.45, 2.75) is 18.8 Å². The summed E-state index contributed by atoms with van der Waals surface area (Å²) in [6.45, 7) is 0.891. The van der Waals surface area contributed by atoms with E-state index in [4.69, 9.17) is 21.5 Å². The average molecular weight is 378 g/mol. The number of carbonyl (C=O) groups excluding carboxylic acids is 1. The van der Waals surface area contributed by atoms with Crippen LogP contribution in [0, 0.1) is 11.3 Å². The van der Waals surface area contributed by atoms with Crippen LogP contribution < -0.4 is 15.2 Å². The summed E-state index contributed by atoms with van der Waals surface area (Å²) in [5.74, 6) is -4.66. The lowest BCUT2D eigenvalue weighted by molar-refractivity contribution is -0.119. The second kappa shape index (κ2) is 6.33. The molecule has 0 aromatic heterocycles. The Bertz CT molecular complexity index is 654. The largest absolute Gasteiger partial charge is 0.495 e. The van der Waals surface area contributed by atoms with E-state index in [0.717, 1.165) is 12.1 Å². The molecule has 1 spiro atoms. The minimum Gasteiger partial charge on any atom is -0.495 e. The molecular weight excluding hydrogens is 360 g/mol. The molecule has 1 aromatic rings. The molecule has 1 saturated carbocycles. The Labute approximate surface area is 148 Å². The van der Waals surface area contributed by atoms with Crippen molar-refractivity contribution in [3.05, 3.63) is 23.2 Å². The van der Waals surface area contributed by atoms with Crippen LogP contribution in [0.25, 0.3) is 0 Å². The monoisotopic (exact) mass is 377 g/mol. The summed E-state index contributed by atoms with van der Waals surface area (Å²) in [4.78, 5) is 12.5. The van der Waals surface area contributed by atoms with Gasteiger partial charge in [-0.2, -0.15) is 0 Å². The number of benzene rings is 1. The van der Waals surface area contributed by atoms with Gasteiger partial charge in [-0.15, -0.1) is 0 Å². The minimum atomic E-state index is -3.01. The lowest BCUT2D eigenvalue weighted by atomic mass is 9.91. The summed E-state index contributed by atoms with van der Waals surface area (Å²) in [5.41, 5.74) is -0.974. The maximum Gasteiger partial charge on any atom is 0.266 e. The Morgan fingerprint density at radius 2 is 2.12 bits per heavy atom. The first-order chi connectivity index (χ1) is 11.4. The van der Waals surface area contributed by atoms with Crippen LogP contribution >= 0.6 is 23.7 Å². The molecule has 1 unspecified atom stereocenters. The second-order valence-electron chi connectivity index (χ2n) is 6.08. The SMILES string of the molecule is COc1ccc(Cl)cc1NC(=O)C1C(F)(F)C12CCN(SN)CC2. The maximum atomic E-state index is 14.4. The predicted octanol–water partition coefficient (Wildman–Crippen LogP) is 3.16. The topological polar surface area (TPSA) is 67.6 Å². The molecule has 2 aliphatic rings. The summed E-state index contributed by atoms with van der Waals surface area (Å²) in [7, 11) is 1.44. The van der Waals surface area contributed by atoms with Crippen LogP contribution in [-0.4, -0.2) is 36.3 Å². The number of rotatable bonds is 4. The standard InChI is InChI=1S/C15H18ClF2N3O2S/c1-23-11-3-2-9(16)8-10(11)20-13(22)12-14(15(12,17)18)4-6-21(24-19)7-5-14/h2-3,8,12H,4-7,19H2,1H3,(H,20,22). The van der Waals surface area contributed by atoms with Gasteiger partial charge in [0, 0.05) is 30.2 Å². The molecule has 132 valence electrons. The zero-order chi connectivity index (χ0) is 17.5. The van der Waals surface area contributed by atoms with Gasteiger partial charge in [0.1, 0.15) is 11.7 Å². The Balaban J connectivity index is 1.76. The molecule has 1 heterocycles. The Morgan fingerprint density at radius 3 is 2.71 bits per heavy atom. The number of halogens is 3. The molecule has 1 aromatic carbocycles. The van der Waals surface area contributed by atoms with Gasteiger partial charge in [0.05, 0.1) is 18.2 Å². The summed E-state index contributed by atoms with van der Waals surface area (Å²) < 4.78 is 35.8.